The van der Waals surface area contributed by atoms with Crippen LogP contribution < -0.4 is 14.2 Å². The molecule has 0 radical (unpaired) electrons. The van der Waals surface area contributed by atoms with Crippen LogP contribution in [0.4, 0.5) is 0 Å². The number of benzene rings is 1. The highest BCUT2D eigenvalue weighted by Crippen LogP contribution is 2.31. The summed E-state index contributed by atoms with van der Waals surface area (Å²) in [5.41, 5.74) is 0.853. The standard InChI is InChI=1S/C12H15N3O3/c1-4-18-12-13-11(14-15-12)8-5-6-9(16-2)10(7-8)17-3/h5-7H,4H2,1-3H3,(H,13,14,15). The van der Waals surface area contributed by atoms with Crippen molar-refractivity contribution < 1.29 is 14.2 Å². The van der Waals surface area contributed by atoms with E-state index in [2.05, 4.69) is 15.2 Å². The lowest BCUT2D eigenvalue weighted by Crippen LogP contribution is -1.93. The van der Waals surface area contributed by atoms with E-state index in [1.807, 2.05) is 25.1 Å². The zero-order chi connectivity index (χ0) is 13.0. The number of hydrogen-bond donors (Lipinski definition) is 1. The van der Waals surface area contributed by atoms with E-state index in [1.54, 1.807) is 14.2 Å². The summed E-state index contributed by atoms with van der Waals surface area (Å²) >= 11 is 0. The Kier molecular flexibility index (Phi) is 3.66. The van der Waals surface area contributed by atoms with Gasteiger partial charge in [-0.3, -0.25) is 5.10 Å². The average molecular weight is 249 g/mol. The molecule has 0 amide bonds. The van der Waals surface area contributed by atoms with E-state index in [0.717, 1.165) is 5.56 Å². The van der Waals surface area contributed by atoms with Crippen LogP contribution in [-0.4, -0.2) is 36.0 Å². The number of nitrogens with one attached hydrogen (secondary N) is 1. The molecule has 0 spiro atoms. The highest BCUT2D eigenvalue weighted by atomic mass is 16.5. The fourth-order valence-corrected chi connectivity index (χ4v) is 1.55. The van der Waals surface area contributed by atoms with Gasteiger partial charge in [-0.1, -0.05) is 0 Å². The first-order valence-corrected chi connectivity index (χ1v) is 5.56. The molecule has 18 heavy (non-hydrogen) atoms. The molecule has 0 saturated carbocycles. The lowest BCUT2D eigenvalue weighted by molar-refractivity contribution is 0.314. The molecule has 0 aliphatic heterocycles. The van der Waals surface area contributed by atoms with E-state index in [-0.39, 0.29) is 0 Å². The molecule has 1 aromatic heterocycles. The summed E-state index contributed by atoms with van der Waals surface area (Å²) in [6.45, 7) is 2.41. The van der Waals surface area contributed by atoms with Crippen LogP contribution in [0.15, 0.2) is 18.2 Å². The molecule has 0 aliphatic rings. The lowest BCUT2D eigenvalue weighted by atomic mass is 10.2. The number of nitrogens with zero attached hydrogens (tertiary/aromatic N) is 2. The Bertz CT molecular complexity index is 525. The van der Waals surface area contributed by atoms with E-state index >= 15 is 0 Å². The van der Waals surface area contributed by atoms with Crippen molar-refractivity contribution in [3.8, 4) is 28.9 Å². The fourth-order valence-electron chi connectivity index (χ4n) is 1.55. The van der Waals surface area contributed by atoms with Crippen LogP contribution in [0, 0.1) is 0 Å². The topological polar surface area (TPSA) is 69.3 Å². The summed E-state index contributed by atoms with van der Waals surface area (Å²) in [5, 5.41) is 6.76. The number of H-pyrrole nitrogens is 1. The van der Waals surface area contributed by atoms with Gasteiger partial charge in [-0.25, -0.2) is 0 Å². The summed E-state index contributed by atoms with van der Waals surface area (Å²) in [6, 6.07) is 5.85. The van der Waals surface area contributed by atoms with Gasteiger partial charge >= 0.3 is 6.01 Å². The second-order valence-corrected chi connectivity index (χ2v) is 3.47. The third-order valence-electron chi connectivity index (χ3n) is 2.40. The molecule has 0 fully saturated rings. The number of rotatable bonds is 5. The fraction of sp³-hybridized carbons (Fsp3) is 0.333. The van der Waals surface area contributed by atoms with Gasteiger partial charge in [-0.05, 0) is 25.1 Å². The van der Waals surface area contributed by atoms with Crippen molar-refractivity contribution in [3.05, 3.63) is 18.2 Å². The van der Waals surface area contributed by atoms with Crippen molar-refractivity contribution in [2.75, 3.05) is 20.8 Å². The van der Waals surface area contributed by atoms with Gasteiger partial charge in [-0.15, -0.1) is 5.10 Å². The van der Waals surface area contributed by atoms with Crippen LogP contribution in [0.3, 0.4) is 0 Å². The minimum atomic E-state index is 0.335. The number of methoxy groups -OCH3 is 2. The molecule has 1 heterocycles. The first-order valence-electron chi connectivity index (χ1n) is 5.56. The van der Waals surface area contributed by atoms with Gasteiger partial charge in [0.05, 0.1) is 20.8 Å². The van der Waals surface area contributed by atoms with Crippen molar-refractivity contribution >= 4 is 0 Å². The number of aromatic nitrogens is 3. The predicted octanol–water partition coefficient (Wildman–Crippen LogP) is 1.89. The van der Waals surface area contributed by atoms with E-state index in [9.17, 15) is 0 Å². The maximum Gasteiger partial charge on any atom is 0.335 e. The van der Waals surface area contributed by atoms with Gasteiger partial charge in [-0.2, -0.15) is 4.98 Å². The Balaban J connectivity index is 2.31. The SMILES string of the molecule is CCOc1n[nH]c(-c2ccc(OC)c(OC)c2)n1. The van der Waals surface area contributed by atoms with E-state index in [4.69, 9.17) is 14.2 Å². The first-order chi connectivity index (χ1) is 8.78. The smallest absolute Gasteiger partial charge is 0.335 e. The Labute approximate surface area is 105 Å². The Morgan fingerprint density at radius 2 is 1.94 bits per heavy atom. The van der Waals surface area contributed by atoms with E-state index in [1.165, 1.54) is 0 Å². The third kappa shape index (κ3) is 2.37. The third-order valence-corrected chi connectivity index (χ3v) is 2.40. The highest BCUT2D eigenvalue weighted by molar-refractivity contribution is 5.61. The molecular formula is C12H15N3O3. The van der Waals surface area contributed by atoms with E-state index < -0.39 is 0 Å². The Hall–Kier alpha value is -2.24. The molecule has 0 bridgehead atoms. The molecule has 6 heteroatoms. The van der Waals surface area contributed by atoms with Gasteiger partial charge in [0.1, 0.15) is 0 Å². The van der Waals surface area contributed by atoms with Gasteiger partial charge in [0.15, 0.2) is 17.3 Å². The van der Waals surface area contributed by atoms with Gasteiger partial charge in [0.25, 0.3) is 0 Å². The summed E-state index contributed by atoms with van der Waals surface area (Å²) in [7, 11) is 3.19. The Morgan fingerprint density at radius 3 is 2.61 bits per heavy atom. The summed E-state index contributed by atoms with van der Waals surface area (Å²) in [4.78, 5) is 4.22. The second kappa shape index (κ2) is 5.39. The van der Waals surface area contributed by atoms with Crippen LogP contribution in [0.1, 0.15) is 6.92 Å². The second-order valence-electron chi connectivity index (χ2n) is 3.47. The monoisotopic (exact) mass is 249 g/mol. The maximum absolute atomic E-state index is 5.23. The molecule has 2 rings (SSSR count). The molecule has 1 N–H and O–H groups in total. The molecule has 1 aromatic carbocycles. The van der Waals surface area contributed by atoms with Gasteiger partial charge < -0.3 is 14.2 Å². The molecule has 2 aromatic rings. The number of hydrogen-bond acceptors (Lipinski definition) is 5. The zero-order valence-electron chi connectivity index (χ0n) is 10.6. The summed E-state index contributed by atoms with van der Waals surface area (Å²) in [6.07, 6.45) is 0. The normalized spacial score (nSPS) is 10.2. The molecule has 0 atom stereocenters. The van der Waals surface area contributed by atoms with Crippen LogP contribution in [-0.2, 0) is 0 Å². The molecule has 96 valence electrons. The van der Waals surface area contributed by atoms with Gasteiger partial charge in [0, 0.05) is 5.56 Å². The molecule has 0 unspecified atom stereocenters. The van der Waals surface area contributed by atoms with Gasteiger partial charge in [0.2, 0.25) is 0 Å². The molecule has 0 saturated heterocycles. The number of ether oxygens (including phenoxy) is 3. The summed E-state index contributed by atoms with van der Waals surface area (Å²) < 4.78 is 15.6. The molecular weight excluding hydrogens is 234 g/mol. The molecule has 6 nitrogen and oxygen atoms in total. The maximum atomic E-state index is 5.23. The van der Waals surface area contributed by atoms with Crippen molar-refractivity contribution in [3.63, 3.8) is 0 Å². The molecule has 0 aliphatic carbocycles. The van der Waals surface area contributed by atoms with Crippen LogP contribution in [0.25, 0.3) is 11.4 Å². The Morgan fingerprint density at radius 1 is 1.17 bits per heavy atom. The number of aromatic amines is 1. The minimum Gasteiger partial charge on any atom is -0.493 e. The highest BCUT2D eigenvalue weighted by Gasteiger charge is 2.10. The van der Waals surface area contributed by atoms with Crippen LogP contribution in [0.5, 0.6) is 17.5 Å². The van der Waals surface area contributed by atoms with Crippen LogP contribution in [0.2, 0.25) is 0 Å². The lowest BCUT2D eigenvalue weighted by Gasteiger charge is -2.07. The van der Waals surface area contributed by atoms with E-state index in [0.29, 0.717) is 29.9 Å². The van der Waals surface area contributed by atoms with Crippen molar-refractivity contribution in [2.24, 2.45) is 0 Å². The summed E-state index contributed by atoms with van der Waals surface area (Å²) in [5.74, 6) is 1.94. The largest absolute Gasteiger partial charge is 0.493 e. The van der Waals surface area contributed by atoms with Crippen molar-refractivity contribution in [1.82, 2.24) is 15.2 Å². The minimum absolute atomic E-state index is 0.335. The van der Waals surface area contributed by atoms with Crippen LogP contribution >= 0.6 is 0 Å². The van der Waals surface area contributed by atoms with Crippen molar-refractivity contribution in [1.29, 1.82) is 0 Å². The predicted molar refractivity (Wildman–Crippen MR) is 66.1 cm³/mol. The van der Waals surface area contributed by atoms with Crippen molar-refractivity contribution in [2.45, 2.75) is 6.92 Å². The average Bonchev–Trinajstić information content (AvgIpc) is 2.87. The zero-order valence-corrected chi connectivity index (χ0v) is 10.6. The quantitative estimate of drug-likeness (QED) is 0.876. The first kappa shape index (κ1) is 12.2.